The van der Waals surface area contributed by atoms with Crippen LogP contribution in [0.1, 0.15) is 56.0 Å². The molecule has 0 aromatic carbocycles. The first-order valence-electron chi connectivity index (χ1n) is 8.25. The van der Waals surface area contributed by atoms with Crippen LogP contribution in [0.5, 0.6) is 0 Å². The molecule has 0 aliphatic carbocycles. The second-order valence-corrected chi connectivity index (χ2v) is 6.61. The Hall–Kier alpha value is -2.13. The SMILES string of the molecule is CCC(C)C(C)(O)CNC(=O)CCc1c(C)[nH]c(=O)c(C#N)c1C. The molecule has 1 aromatic rings. The number of aromatic amines is 1. The molecule has 1 amide bonds. The lowest BCUT2D eigenvalue weighted by atomic mass is 9.88. The first-order valence-corrected chi connectivity index (χ1v) is 8.25. The van der Waals surface area contributed by atoms with E-state index in [4.69, 9.17) is 5.26 Å². The molecule has 0 aliphatic rings. The number of carbonyl (C=O) groups is 1. The Morgan fingerprint density at radius 2 is 2.08 bits per heavy atom. The second-order valence-electron chi connectivity index (χ2n) is 6.61. The summed E-state index contributed by atoms with van der Waals surface area (Å²) < 4.78 is 0. The Bertz CT molecular complexity index is 699. The first kappa shape index (κ1) is 19.9. The minimum atomic E-state index is -0.942. The van der Waals surface area contributed by atoms with E-state index in [0.717, 1.165) is 12.0 Å². The molecule has 24 heavy (non-hydrogen) atoms. The molecule has 0 bridgehead atoms. The van der Waals surface area contributed by atoms with E-state index in [-0.39, 0.29) is 30.4 Å². The third-order valence-electron chi connectivity index (χ3n) is 4.84. The molecular formula is C18H27N3O3. The number of nitrogens with zero attached hydrogens (tertiary/aromatic N) is 1. The van der Waals surface area contributed by atoms with Gasteiger partial charge in [0, 0.05) is 18.7 Å². The molecule has 0 aliphatic heterocycles. The van der Waals surface area contributed by atoms with Crippen LogP contribution < -0.4 is 10.9 Å². The zero-order chi connectivity index (χ0) is 18.5. The van der Waals surface area contributed by atoms with Gasteiger partial charge in [0.05, 0.1) is 5.60 Å². The van der Waals surface area contributed by atoms with Gasteiger partial charge in [-0.25, -0.2) is 0 Å². The predicted molar refractivity (Wildman–Crippen MR) is 92.7 cm³/mol. The Balaban J connectivity index is 2.73. The van der Waals surface area contributed by atoms with Crippen LogP contribution in [0.3, 0.4) is 0 Å². The summed E-state index contributed by atoms with van der Waals surface area (Å²) in [5.41, 5.74) is 0.868. The van der Waals surface area contributed by atoms with E-state index in [0.29, 0.717) is 17.7 Å². The number of carbonyl (C=O) groups excluding carboxylic acids is 1. The van der Waals surface area contributed by atoms with Gasteiger partial charge in [-0.1, -0.05) is 20.3 Å². The number of hydrogen-bond donors (Lipinski definition) is 3. The van der Waals surface area contributed by atoms with Crippen molar-refractivity contribution in [2.45, 2.75) is 59.5 Å². The molecule has 6 heteroatoms. The smallest absolute Gasteiger partial charge is 0.266 e. The Kier molecular flexibility index (Phi) is 6.73. The van der Waals surface area contributed by atoms with Gasteiger partial charge in [-0.3, -0.25) is 9.59 Å². The fraction of sp³-hybridized carbons (Fsp3) is 0.611. The van der Waals surface area contributed by atoms with Gasteiger partial charge >= 0.3 is 0 Å². The van der Waals surface area contributed by atoms with Crippen LogP contribution in [-0.4, -0.2) is 28.1 Å². The average molecular weight is 333 g/mol. The molecule has 0 radical (unpaired) electrons. The van der Waals surface area contributed by atoms with Crippen LogP contribution in [0, 0.1) is 31.1 Å². The number of aryl methyl sites for hydroxylation is 1. The first-order chi connectivity index (χ1) is 11.1. The lowest BCUT2D eigenvalue weighted by Crippen LogP contribution is -2.45. The molecule has 132 valence electrons. The van der Waals surface area contributed by atoms with E-state index in [1.54, 1.807) is 20.8 Å². The molecule has 3 N–H and O–H groups in total. The Morgan fingerprint density at radius 3 is 2.62 bits per heavy atom. The van der Waals surface area contributed by atoms with Crippen LogP contribution in [0.15, 0.2) is 4.79 Å². The number of hydrogen-bond acceptors (Lipinski definition) is 4. The normalized spacial score (nSPS) is 14.5. The van der Waals surface area contributed by atoms with Crippen molar-refractivity contribution in [2.75, 3.05) is 6.54 Å². The summed E-state index contributed by atoms with van der Waals surface area (Å²) in [5, 5.41) is 22.1. The lowest BCUT2D eigenvalue weighted by Gasteiger charge is -2.29. The summed E-state index contributed by atoms with van der Waals surface area (Å²) in [6.45, 7) is 9.35. The average Bonchev–Trinajstić information content (AvgIpc) is 2.52. The predicted octanol–water partition coefficient (Wildman–Crippen LogP) is 1.71. The highest BCUT2D eigenvalue weighted by Crippen LogP contribution is 2.19. The highest BCUT2D eigenvalue weighted by molar-refractivity contribution is 5.76. The number of nitrogens with one attached hydrogen (secondary N) is 2. The summed E-state index contributed by atoms with van der Waals surface area (Å²) in [6, 6.07) is 1.91. The molecule has 0 saturated heterocycles. The second kappa shape index (κ2) is 8.11. The quantitative estimate of drug-likeness (QED) is 0.706. The maximum Gasteiger partial charge on any atom is 0.266 e. The van der Waals surface area contributed by atoms with Gasteiger partial charge in [0.15, 0.2) is 0 Å². The monoisotopic (exact) mass is 333 g/mol. The number of aliphatic hydroxyl groups is 1. The van der Waals surface area contributed by atoms with Crippen molar-refractivity contribution in [1.29, 1.82) is 5.26 Å². The molecule has 2 unspecified atom stereocenters. The van der Waals surface area contributed by atoms with Crippen LogP contribution in [-0.2, 0) is 11.2 Å². The third kappa shape index (κ3) is 4.68. The number of aromatic nitrogens is 1. The fourth-order valence-corrected chi connectivity index (χ4v) is 2.64. The van der Waals surface area contributed by atoms with Crippen LogP contribution in [0.4, 0.5) is 0 Å². The maximum atomic E-state index is 12.1. The van der Waals surface area contributed by atoms with Crippen molar-refractivity contribution in [3.05, 3.63) is 32.7 Å². The fourth-order valence-electron chi connectivity index (χ4n) is 2.64. The number of H-pyrrole nitrogens is 1. The maximum absolute atomic E-state index is 12.1. The molecule has 0 saturated carbocycles. The molecule has 1 rings (SSSR count). The number of pyridine rings is 1. The Labute approximate surface area is 142 Å². The highest BCUT2D eigenvalue weighted by Gasteiger charge is 2.27. The Morgan fingerprint density at radius 1 is 1.46 bits per heavy atom. The molecule has 0 fully saturated rings. The molecule has 0 spiro atoms. The standard InChI is InChI=1S/C18H27N3O3/c1-6-11(2)18(5,24)10-20-16(22)8-7-14-12(3)15(9-19)17(23)21-13(14)4/h11,24H,6-8,10H2,1-5H3,(H,20,22)(H,21,23). The number of rotatable bonds is 7. The van der Waals surface area contributed by atoms with Gasteiger partial charge in [-0.15, -0.1) is 0 Å². The summed E-state index contributed by atoms with van der Waals surface area (Å²) in [5.74, 6) is -0.0817. The van der Waals surface area contributed by atoms with E-state index in [1.807, 2.05) is 19.9 Å². The number of nitriles is 1. The molecule has 1 aromatic heterocycles. The van der Waals surface area contributed by atoms with Crippen LogP contribution in [0.2, 0.25) is 0 Å². The zero-order valence-corrected chi connectivity index (χ0v) is 15.1. The number of amides is 1. The van der Waals surface area contributed by atoms with Gasteiger partial charge in [0.1, 0.15) is 11.6 Å². The summed E-state index contributed by atoms with van der Waals surface area (Å²) in [6.07, 6.45) is 1.49. The summed E-state index contributed by atoms with van der Waals surface area (Å²) in [7, 11) is 0. The summed E-state index contributed by atoms with van der Waals surface area (Å²) >= 11 is 0. The van der Waals surface area contributed by atoms with E-state index in [9.17, 15) is 14.7 Å². The van der Waals surface area contributed by atoms with Crippen molar-refractivity contribution in [1.82, 2.24) is 10.3 Å². The minimum Gasteiger partial charge on any atom is -0.388 e. The summed E-state index contributed by atoms with van der Waals surface area (Å²) in [4.78, 5) is 26.4. The van der Waals surface area contributed by atoms with Crippen molar-refractivity contribution >= 4 is 5.91 Å². The molecule has 1 heterocycles. The molecule has 2 atom stereocenters. The van der Waals surface area contributed by atoms with Crippen molar-refractivity contribution < 1.29 is 9.90 Å². The molecule has 6 nitrogen and oxygen atoms in total. The van der Waals surface area contributed by atoms with Gasteiger partial charge in [-0.05, 0) is 44.2 Å². The van der Waals surface area contributed by atoms with Gasteiger partial charge in [0.25, 0.3) is 5.56 Å². The minimum absolute atomic E-state index is 0.0830. The van der Waals surface area contributed by atoms with Crippen LogP contribution >= 0.6 is 0 Å². The van der Waals surface area contributed by atoms with Crippen LogP contribution in [0.25, 0.3) is 0 Å². The van der Waals surface area contributed by atoms with Crippen molar-refractivity contribution in [3.8, 4) is 6.07 Å². The molecular weight excluding hydrogens is 306 g/mol. The topological polar surface area (TPSA) is 106 Å². The highest BCUT2D eigenvalue weighted by atomic mass is 16.3. The van der Waals surface area contributed by atoms with Gasteiger partial charge in [-0.2, -0.15) is 5.26 Å². The van der Waals surface area contributed by atoms with E-state index < -0.39 is 11.2 Å². The largest absolute Gasteiger partial charge is 0.388 e. The zero-order valence-electron chi connectivity index (χ0n) is 15.1. The third-order valence-corrected chi connectivity index (χ3v) is 4.84. The van der Waals surface area contributed by atoms with E-state index in [1.165, 1.54) is 0 Å². The van der Waals surface area contributed by atoms with Crippen molar-refractivity contribution in [3.63, 3.8) is 0 Å². The lowest BCUT2D eigenvalue weighted by molar-refractivity contribution is -0.122. The van der Waals surface area contributed by atoms with E-state index >= 15 is 0 Å². The van der Waals surface area contributed by atoms with E-state index in [2.05, 4.69) is 10.3 Å². The van der Waals surface area contributed by atoms with Gasteiger partial charge in [0.2, 0.25) is 5.91 Å². The van der Waals surface area contributed by atoms with Crippen molar-refractivity contribution in [2.24, 2.45) is 5.92 Å². The van der Waals surface area contributed by atoms with Gasteiger partial charge < -0.3 is 15.4 Å².